The van der Waals surface area contributed by atoms with Crippen molar-refractivity contribution in [3.63, 3.8) is 0 Å². The number of thioether (sulfide) groups is 2. The molecule has 1 aliphatic rings. The standard InChI is InChI=1S/C10H21N5O3S3/c1-21(17,18)14-10(12)13-2-4-19-6-8(11)9(16)15-3-5-20-7-15/h8H,2-7,11H2,1H3,(H3,12,13,14)/t8-/m0/s1. The molecule has 0 aromatic rings. The highest BCUT2D eigenvalue weighted by molar-refractivity contribution is 7.99. The molecule has 1 amide bonds. The van der Waals surface area contributed by atoms with E-state index in [1.54, 1.807) is 16.7 Å². The van der Waals surface area contributed by atoms with Crippen LogP contribution in [-0.4, -0.2) is 73.7 Å². The van der Waals surface area contributed by atoms with Crippen molar-refractivity contribution in [2.45, 2.75) is 6.04 Å². The van der Waals surface area contributed by atoms with Gasteiger partial charge in [-0.2, -0.15) is 11.8 Å². The van der Waals surface area contributed by atoms with Crippen molar-refractivity contribution in [1.29, 1.82) is 0 Å². The van der Waals surface area contributed by atoms with E-state index in [9.17, 15) is 13.2 Å². The number of amides is 1. The Hall–Kier alpha value is -0.650. The van der Waals surface area contributed by atoms with Crippen LogP contribution < -0.4 is 16.2 Å². The molecule has 0 unspecified atom stereocenters. The molecular formula is C10H21N5O3S3. The fourth-order valence-electron chi connectivity index (χ4n) is 1.56. The molecule has 0 spiro atoms. The fourth-order valence-corrected chi connectivity index (χ4v) is 3.74. The van der Waals surface area contributed by atoms with E-state index < -0.39 is 16.1 Å². The minimum atomic E-state index is -3.38. The normalized spacial score (nSPS) is 17.8. The topological polar surface area (TPSA) is 131 Å². The van der Waals surface area contributed by atoms with E-state index in [0.717, 1.165) is 24.4 Å². The van der Waals surface area contributed by atoms with Crippen LogP contribution in [0.15, 0.2) is 4.99 Å². The lowest BCUT2D eigenvalue weighted by Crippen LogP contribution is -2.44. The molecule has 122 valence electrons. The van der Waals surface area contributed by atoms with Gasteiger partial charge in [-0.3, -0.25) is 14.5 Å². The monoisotopic (exact) mass is 355 g/mol. The molecule has 0 aromatic heterocycles. The molecule has 5 N–H and O–H groups in total. The third-order valence-corrected chi connectivity index (χ3v) is 5.10. The number of guanidine groups is 1. The quantitative estimate of drug-likeness (QED) is 0.286. The summed E-state index contributed by atoms with van der Waals surface area (Å²) in [6.45, 7) is 1.12. The second-order valence-electron chi connectivity index (χ2n) is 4.46. The first kappa shape index (κ1) is 18.4. The first-order chi connectivity index (χ1) is 9.79. The molecule has 1 aliphatic heterocycles. The van der Waals surface area contributed by atoms with E-state index in [1.807, 2.05) is 0 Å². The molecule has 8 nitrogen and oxygen atoms in total. The van der Waals surface area contributed by atoms with Gasteiger partial charge in [-0.15, -0.1) is 11.8 Å². The molecule has 21 heavy (non-hydrogen) atoms. The number of carbonyl (C=O) groups is 1. The van der Waals surface area contributed by atoms with Gasteiger partial charge in [0.15, 0.2) is 0 Å². The highest BCUT2D eigenvalue weighted by Crippen LogP contribution is 2.15. The van der Waals surface area contributed by atoms with E-state index >= 15 is 0 Å². The number of sulfonamides is 1. The highest BCUT2D eigenvalue weighted by atomic mass is 32.2. The number of hydrogen-bond acceptors (Lipinski definition) is 7. The molecular weight excluding hydrogens is 334 g/mol. The van der Waals surface area contributed by atoms with Gasteiger partial charge in [-0.25, -0.2) is 8.42 Å². The molecule has 1 atom stereocenters. The third-order valence-electron chi connectivity index (χ3n) is 2.49. The Balaban J connectivity index is 2.18. The Bertz CT molecular complexity index is 476. The van der Waals surface area contributed by atoms with Gasteiger partial charge < -0.3 is 16.4 Å². The van der Waals surface area contributed by atoms with Gasteiger partial charge in [0, 0.05) is 23.8 Å². The van der Waals surface area contributed by atoms with Crippen LogP contribution in [0.3, 0.4) is 0 Å². The van der Waals surface area contributed by atoms with Crippen LogP contribution in [0.25, 0.3) is 0 Å². The summed E-state index contributed by atoms with van der Waals surface area (Å²) in [5.74, 6) is 2.65. The first-order valence-corrected chi connectivity index (χ1v) is 10.5. The molecule has 0 radical (unpaired) electrons. The Labute approximate surface area is 133 Å². The fraction of sp³-hybridized carbons (Fsp3) is 0.800. The van der Waals surface area contributed by atoms with E-state index in [1.165, 1.54) is 11.8 Å². The largest absolute Gasteiger partial charge is 0.369 e. The maximum Gasteiger partial charge on any atom is 0.241 e. The molecule has 1 saturated heterocycles. The number of nitrogens with zero attached hydrogens (tertiary/aromatic N) is 2. The number of hydrogen-bond donors (Lipinski definition) is 3. The smallest absolute Gasteiger partial charge is 0.241 e. The lowest BCUT2D eigenvalue weighted by molar-refractivity contribution is -0.130. The van der Waals surface area contributed by atoms with Crippen molar-refractivity contribution in [1.82, 2.24) is 9.62 Å². The zero-order valence-corrected chi connectivity index (χ0v) is 14.3. The lowest BCUT2D eigenvalue weighted by Gasteiger charge is -2.19. The molecule has 0 bridgehead atoms. The number of nitrogens with two attached hydrogens (primary N) is 2. The third kappa shape index (κ3) is 7.79. The average molecular weight is 356 g/mol. The van der Waals surface area contributed by atoms with Crippen LogP contribution in [0.2, 0.25) is 0 Å². The Kier molecular flexibility index (Phi) is 7.63. The molecule has 0 saturated carbocycles. The molecule has 1 heterocycles. The van der Waals surface area contributed by atoms with Crippen LogP contribution in [-0.2, 0) is 14.8 Å². The summed E-state index contributed by atoms with van der Waals surface area (Å²) in [4.78, 5) is 17.6. The summed E-state index contributed by atoms with van der Waals surface area (Å²) in [6, 6.07) is -0.510. The predicted molar refractivity (Wildman–Crippen MR) is 88.8 cm³/mol. The maximum absolute atomic E-state index is 11.9. The average Bonchev–Trinajstić information content (AvgIpc) is 2.88. The zero-order valence-electron chi connectivity index (χ0n) is 11.8. The van der Waals surface area contributed by atoms with Crippen molar-refractivity contribution >= 4 is 45.4 Å². The van der Waals surface area contributed by atoms with Crippen LogP contribution in [0.5, 0.6) is 0 Å². The van der Waals surface area contributed by atoms with Crippen LogP contribution in [0.1, 0.15) is 0 Å². The molecule has 11 heteroatoms. The van der Waals surface area contributed by atoms with Crippen molar-refractivity contribution in [3.8, 4) is 0 Å². The number of rotatable bonds is 7. The number of carbonyl (C=O) groups excluding carboxylic acids is 1. The Morgan fingerprint density at radius 2 is 2.29 bits per heavy atom. The molecule has 0 aromatic carbocycles. The number of nitrogens with one attached hydrogen (secondary N) is 1. The predicted octanol–water partition coefficient (Wildman–Crippen LogP) is -1.56. The Morgan fingerprint density at radius 1 is 1.57 bits per heavy atom. The van der Waals surface area contributed by atoms with E-state index in [-0.39, 0.29) is 11.9 Å². The highest BCUT2D eigenvalue weighted by Gasteiger charge is 2.23. The molecule has 1 fully saturated rings. The zero-order chi connectivity index (χ0) is 15.9. The van der Waals surface area contributed by atoms with Gasteiger partial charge in [-0.1, -0.05) is 0 Å². The lowest BCUT2D eigenvalue weighted by atomic mass is 10.3. The summed E-state index contributed by atoms with van der Waals surface area (Å²) >= 11 is 3.21. The minimum Gasteiger partial charge on any atom is -0.369 e. The van der Waals surface area contributed by atoms with Gasteiger partial charge in [0.2, 0.25) is 21.9 Å². The summed E-state index contributed by atoms with van der Waals surface area (Å²) in [5, 5.41) is 0. The van der Waals surface area contributed by atoms with Crippen LogP contribution in [0, 0.1) is 0 Å². The second-order valence-corrected chi connectivity index (χ2v) is 8.43. The second kappa shape index (κ2) is 8.71. The van der Waals surface area contributed by atoms with Crippen molar-refractivity contribution in [2.75, 3.05) is 42.5 Å². The van der Waals surface area contributed by atoms with E-state index in [4.69, 9.17) is 11.5 Å². The summed E-state index contributed by atoms with van der Waals surface area (Å²) < 4.78 is 23.8. The summed E-state index contributed by atoms with van der Waals surface area (Å²) in [6.07, 6.45) is 1.01. The number of aliphatic imine (C=N–C) groups is 1. The minimum absolute atomic E-state index is 0.0192. The van der Waals surface area contributed by atoms with E-state index in [0.29, 0.717) is 18.1 Å². The van der Waals surface area contributed by atoms with E-state index in [2.05, 4.69) is 9.71 Å². The van der Waals surface area contributed by atoms with Gasteiger partial charge >= 0.3 is 0 Å². The van der Waals surface area contributed by atoms with Crippen LogP contribution >= 0.6 is 23.5 Å². The van der Waals surface area contributed by atoms with Gasteiger partial charge in [-0.05, 0) is 0 Å². The molecule has 1 rings (SSSR count). The summed E-state index contributed by atoms with van der Waals surface area (Å²) in [7, 11) is -3.38. The van der Waals surface area contributed by atoms with Crippen molar-refractivity contribution < 1.29 is 13.2 Å². The van der Waals surface area contributed by atoms with Crippen molar-refractivity contribution in [2.24, 2.45) is 16.5 Å². The van der Waals surface area contributed by atoms with Crippen LogP contribution in [0.4, 0.5) is 0 Å². The molecule has 0 aliphatic carbocycles. The van der Waals surface area contributed by atoms with Gasteiger partial charge in [0.05, 0.1) is 24.7 Å². The Morgan fingerprint density at radius 3 is 2.86 bits per heavy atom. The SMILES string of the molecule is CS(=O)(=O)NC(N)=NCCSC[C@H](N)C(=O)N1CCSC1. The first-order valence-electron chi connectivity index (χ1n) is 6.27. The van der Waals surface area contributed by atoms with Gasteiger partial charge in [0.25, 0.3) is 0 Å². The van der Waals surface area contributed by atoms with Gasteiger partial charge in [0.1, 0.15) is 0 Å². The van der Waals surface area contributed by atoms with Crippen molar-refractivity contribution in [3.05, 3.63) is 0 Å². The maximum atomic E-state index is 11.9. The summed E-state index contributed by atoms with van der Waals surface area (Å²) in [5.41, 5.74) is 11.2.